The SMILES string of the molecule is Clc1cnccc1CC1COCCC1Br. The first-order valence-corrected chi connectivity index (χ1v) is 6.37. The Labute approximate surface area is 103 Å². The first-order valence-electron chi connectivity index (χ1n) is 5.07. The normalized spacial score (nSPS) is 26.5. The van der Waals surface area contributed by atoms with Gasteiger partial charge in [-0.05, 0) is 30.4 Å². The third kappa shape index (κ3) is 2.92. The molecule has 82 valence electrons. The lowest BCUT2D eigenvalue weighted by molar-refractivity contribution is 0.0605. The Bertz CT molecular complexity index is 334. The van der Waals surface area contributed by atoms with E-state index in [9.17, 15) is 0 Å². The highest BCUT2D eigenvalue weighted by molar-refractivity contribution is 9.09. The van der Waals surface area contributed by atoms with E-state index in [4.69, 9.17) is 16.3 Å². The molecule has 15 heavy (non-hydrogen) atoms. The van der Waals surface area contributed by atoms with Crippen LogP contribution in [0.15, 0.2) is 18.5 Å². The highest BCUT2D eigenvalue weighted by atomic mass is 79.9. The summed E-state index contributed by atoms with van der Waals surface area (Å²) in [6, 6.07) is 1.98. The molecule has 2 rings (SSSR count). The van der Waals surface area contributed by atoms with Gasteiger partial charge >= 0.3 is 0 Å². The summed E-state index contributed by atoms with van der Waals surface area (Å²) in [5.41, 5.74) is 1.16. The molecule has 2 nitrogen and oxygen atoms in total. The van der Waals surface area contributed by atoms with Gasteiger partial charge in [-0.15, -0.1) is 0 Å². The van der Waals surface area contributed by atoms with Crippen molar-refractivity contribution < 1.29 is 4.74 Å². The van der Waals surface area contributed by atoms with Crippen LogP contribution >= 0.6 is 27.5 Å². The molecule has 2 unspecified atom stereocenters. The van der Waals surface area contributed by atoms with Crippen molar-refractivity contribution in [1.82, 2.24) is 4.98 Å². The van der Waals surface area contributed by atoms with Crippen LogP contribution < -0.4 is 0 Å². The molecule has 2 heterocycles. The molecule has 0 bridgehead atoms. The van der Waals surface area contributed by atoms with Crippen molar-refractivity contribution in [3.63, 3.8) is 0 Å². The predicted octanol–water partition coefficient (Wildman–Crippen LogP) is 3.08. The quantitative estimate of drug-likeness (QED) is 0.781. The Morgan fingerprint density at radius 2 is 2.47 bits per heavy atom. The van der Waals surface area contributed by atoms with Crippen LogP contribution in [0.2, 0.25) is 5.02 Å². The van der Waals surface area contributed by atoms with Gasteiger partial charge in [-0.25, -0.2) is 0 Å². The number of hydrogen-bond acceptors (Lipinski definition) is 2. The van der Waals surface area contributed by atoms with Gasteiger partial charge in [0.25, 0.3) is 0 Å². The van der Waals surface area contributed by atoms with Crippen LogP contribution in [0.1, 0.15) is 12.0 Å². The summed E-state index contributed by atoms with van der Waals surface area (Å²) in [4.78, 5) is 4.52. The molecular formula is C11H13BrClNO. The van der Waals surface area contributed by atoms with Gasteiger partial charge in [0, 0.05) is 23.8 Å². The van der Waals surface area contributed by atoms with Gasteiger partial charge in [-0.3, -0.25) is 4.98 Å². The summed E-state index contributed by atoms with van der Waals surface area (Å²) in [5.74, 6) is 0.513. The molecule has 0 aromatic carbocycles. The van der Waals surface area contributed by atoms with E-state index in [0.29, 0.717) is 10.7 Å². The highest BCUT2D eigenvalue weighted by Crippen LogP contribution is 2.27. The molecule has 1 aromatic rings. The number of rotatable bonds is 2. The van der Waals surface area contributed by atoms with Crippen LogP contribution in [0.3, 0.4) is 0 Å². The molecule has 0 spiro atoms. The smallest absolute Gasteiger partial charge is 0.0621 e. The fourth-order valence-corrected chi connectivity index (χ4v) is 2.53. The Hall–Kier alpha value is -0.120. The van der Waals surface area contributed by atoms with E-state index in [1.807, 2.05) is 6.07 Å². The molecule has 0 aliphatic carbocycles. The average molecular weight is 291 g/mol. The summed E-state index contributed by atoms with van der Waals surface area (Å²) in [7, 11) is 0. The molecule has 1 fully saturated rings. The zero-order chi connectivity index (χ0) is 10.7. The van der Waals surface area contributed by atoms with Gasteiger partial charge in [0.05, 0.1) is 11.6 Å². The average Bonchev–Trinajstić information content (AvgIpc) is 2.24. The Morgan fingerprint density at radius 1 is 1.60 bits per heavy atom. The fourth-order valence-electron chi connectivity index (χ4n) is 1.81. The number of nitrogens with zero attached hydrogens (tertiary/aromatic N) is 1. The van der Waals surface area contributed by atoms with Gasteiger partial charge in [0.1, 0.15) is 0 Å². The Balaban J connectivity index is 2.04. The minimum Gasteiger partial charge on any atom is -0.381 e. The van der Waals surface area contributed by atoms with E-state index in [1.54, 1.807) is 12.4 Å². The first kappa shape index (κ1) is 11.4. The largest absolute Gasteiger partial charge is 0.381 e. The second kappa shape index (κ2) is 5.28. The molecule has 0 saturated carbocycles. The molecule has 4 heteroatoms. The predicted molar refractivity (Wildman–Crippen MR) is 64.6 cm³/mol. The molecule has 2 atom stereocenters. The molecule has 1 aliphatic heterocycles. The number of ether oxygens (including phenoxy) is 1. The molecule has 1 saturated heterocycles. The van der Waals surface area contributed by atoms with Gasteiger partial charge in [0.2, 0.25) is 0 Å². The highest BCUT2D eigenvalue weighted by Gasteiger charge is 2.24. The number of halogens is 2. The number of hydrogen-bond donors (Lipinski definition) is 0. The lowest BCUT2D eigenvalue weighted by atomic mass is 9.94. The third-order valence-corrected chi connectivity index (χ3v) is 4.27. The second-order valence-electron chi connectivity index (χ2n) is 3.81. The summed E-state index contributed by atoms with van der Waals surface area (Å²) in [5, 5.41) is 0.753. The zero-order valence-electron chi connectivity index (χ0n) is 8.33. The van der Waals surface area contributed by atoms with Crippen molar-refractivity contribution in [2.24, 2.45) is 5.92 Å². The van der Waals surface area contributed by atoms with Crippen molar-refractivity contribution >= 4 is 27.5 Å². The van der Waals surface area contributed by atoms with Gasteiger partial charge < -0.3 is 4.74 Å². The number of alkyl halides is 1. The van der Waals surface area contributed by atoms with Crippen LogP contribution in [0.5, 0.6) is 0 Å². The fraction of sp³-hybridized carbons (Fsp3) is 0.545. The summed E-state index contributed by atoms with van der Waals surface area (Å²) in [6.45, 7) is 1.67. The van der Waals surface area contributed by atoms with E-state index in [1.165, 1.54) is 0 Å². The maximum Gasteiger partial charge on any atom is 0.0621 e. The summed E-state index contributed by atoms with van der Waals surface area (Å²) < 4.78 is 5.48. The van der Waals surface area contributed by atoms with Crippen LogP contribution in [0.25, 0.3) is 0 Å². The van der Waals surface area contributed by atoms with Crippen molar-refractivity contribution in [3.8, 4) is 0 Å². The van der Waals surface area contributed by atoms with E-state index in [-0.39, 0.29) is 0 Å². The van der Waals surface area contributed by atoms with Crippen LogP contribution in [0.4, 0.5) is 0 Å². The van der Waals surface area contributed by atoms with E-state index >= 15 is 0 Å². The summed E-state index contributed by atoms with van der Waals surface area (Å²) in [6.07, 6.45) is 5.52. The van der Waals surface area contributed by atoms with Gasteiger partial charge in [0.15, 0.2) is 0 Å². The number of pyridine rings is 1. The maximum absolute atomic E-state index is 6.07. The topological polar surface area (TPSA) is 22.1 Å². The monoisotopic (exact) mass is 289 g/mol. The Morgan fingerprint density at radius 3 is 3.20 bits per heavy atom. The van der Waals surface area contributed by atoms with E-state index in [2.05, 4.69) is 20.9 Å². The van der Waals surface area contributed by atoms with Gasteiger partial charge in [-0.1, -0.05) is 27.5 Å². The minimum atomic E-state index is 0.513. The molecule has 0 amide bonds. The van der Waals surface area contributed by atoms with Crippen LogP contribution in [-0.4, -0.2) is 23.0 Å². The lowest BCUT2D eigenvalue weighted by Crippen LogP contribution is -2.29. The lowest BCUT2D eigenvalue weighted by Gasteiger charge is -2.27. The van der Waals surface area contributed by atoms with Crippen molar-refractivity contribution in [1.29, 1.82) is 0 Å². The Kier molecular flexibility index (Phi) is 4.00. The minimum absolute atomic E-state index is 0.513. The van der Waals surface area contributed by atoms with Crippen LogP contribution in [0, 0.1) is 5.92 Å². The third-order valence-electron chi connectivity index (χ3n) is 2.72. The second-order valence-corrected chi connectivity index (χ2v) is 5.39. The summed E-state index contributed by atoms with van der Waals surface area (Å²) >= 11 is 9.77. The zero-order valence-corrected chi connectivity index (χ0v) is 10.7. The molecule has 1 aliphatic rings. The first-order chi connectivity index (χ1) is 7.27. The van der Waals surface area contributed by atoms with E-state index in [0.717, 1.165) is 36.6 Å². The van der Waals surface area contributed by atoms with Crippen molar-refractivity contribution in [2.45, 2.75) is 17.7 Å². The molecule has 0 radical (unpaired) electrons. The molecule has 0 N–H and O–H groups in total. The van der Waals surface area contributed by atoms with Crippen LogP contribution in [-0.2, 0) is 11.2 Å². The molecular weight excluding hydrogens is 277 g/mol. The standard InChI is InChI=1S/C11H13BrClNO/c12-10-2-4-15-7-9(10)5-8-1-3-14-6-11(8)13/h1,3,6,9-10H,2,4-5,7H2. The van der Waals surface area contributed by atoms with E-state index < -0.39 is 0 Å². The number of aromatic nitrogens is 1. The van der Waals surface area contributed by atoms with Gasteiger partial charge in [-0.2, -0.15) is 0 Å². The van der Waals surface area contributed by atoms with Crippen molar-refractivity contribution in [3.05, 3.63) is 29.0 Å². The maximum atomic E-state index is 6.07. The van der Waals surface area contributed by atoms with Crippen molar-refractivity contribution in [2.75, 3.05) is 13.2 Å². The molecule has 1 aromatic heterocycles.